The summed E-state index contributed by atoms with van der Waals surface area (Å²) in [5.41, 5.74) is -0.175. The molecule has 0 spiro atoms. The minimum atomic E-state index is -0.175. The van der Waals surface area contributed by atoms with Crippen LogP contribution in [0.4, 0.5) is 0 Å². The molecule has 88 valence electrons. The standard InChI is InChI=1S/C11H17N3O2/c1-14-6-5-13-10(11(14)15)16-8-9-3-2-4-12-7-9/h5-6,9,12H,2-4,7-8H2,1H3. The van der Waals surface area contributed by atoms with E-state index in [1.807, 2.05) is 0 Å². The second-order valence-corrected chi connectivity index (χ2v) is 4.17. The molecular weight excluding hydrogens is 206 g/mol. The van der Waals surface area contributed by atoms with Crippen molar-refractivity contribution in [3.05, 3.63) is 22.7 Å². The number of rotatable bonds is 3. The molecule has 1 unspecified atom stereocenters. The monoisotopic (exact) mass is 223 g/mol. The molecule has 0 bridgehead atoms. The van der Waals surface area contributed by atoms with Crippen molar-refractivity contribution < 1.29 is 4.74 Å². The van der Waals surface area contributed by atoms with Gasteiger partial charge in [0, 0.05) is 31.9 Å². The van der Waals surface area contributed by atoms with E-state index in [0.29, 0.717) is 12.5 Å². The zero-order valence-electron chi connectivity index (χ0n) is 9.48. The van der Waals surface area contributed by atoms with Gasteiger partial charge in [-0.25, -0.2) is 4.98 Å². The predicted octanol–water partition coefficient (Wildman–Crippen LogP) is 0.159. The second kappa shape index (κ2) is 5.12. The highest BCUT2D eigenvalue weighted by Crippen LogP contribution is 2.10. The Morgan fingerprint density at radius 2 is 2.56 bits per heavy atom. The third-order valence-electron chi connectivity index (χ3n) is 2.84. The van der Waals surface area contributed by atoms with Crippen molar-refractivity contribution in [2.45, 2.75) is 12.8 Å². The Morgan fingerprint density at radius 3 is 3.31 bits per heavy atom. The molecule has 1 N–H and O–H groups in total. The first-order valence-corrected chi connectivity index (χ1v) is 5.62. The lowest BCUT2D eigenvalue weighted by molar-refractivity contribution is 0.208. The second-order valence-electron chi connectivity index (χ2n) is 4.17. The van der Waals surface area contributed by atoms with Gasteiger partial charge in [-0.05, 0) is 19.4 Å². The van der Waals surface area contributed by atoms with E-state index in [1.165, 1.54) is 11.0 Å². The van der Waals surface area contributed by atoms with Crippen molar-refractivity contribution in [2.24, 2.45) is 13.0 Å². The fraction of sp³-hybridized carbons (Fsp3) is 0.636. The van der Waals surface area contributed by atoms with Gasteiger partial charge in [-0.15, -0.1) is 0 Å². The number of piperidine rings is 1. The van der Waals surface area contributed by atoms with Crippen LogP contribution in [0.3, 0.4) is 0 Å². The Hall–Kier alpha value is -1.36. The van der Waals surface area contributed by atoms with Crippen molar-refractivity contribution in [1.82, 2.24) is 14.9 Å². The third-order valence-corrected chi connectivity index (χ3v) is 2.84. The Labute approximate surface area is 94.5 Å². The molecule has 1 aromatic heterocycles. The van der Waals surface area contributed by atoms with E-state index in [9.17, 15) is 4.79 Å². The van der Waals surface area contributed by atoms with E-state index in [1.54, 1.807) is 19.4 Å². The van der Waals surface area contributed by atoms with Crippen LogP contribution in [0.25, 0.3) is 0 Å². The highest BCUT2D eigenvalue weighted by atomic mass is 16.5. The molecule has 2 heterocycles. The maximum atomic E-state index is 11.6. The molecule has 5 heteroatoms. The van der Waals surface area contributed by atoms with Gasteiger partial charge in [-0.3, -0.25) is 4.79 Å². The van der Waals surface area contributed by atoms with E-state index in [4.69, 9.17) is 4.74 Å². The number of hydrogen-bond acceptors (Lipinski definition) is 4. The molecule has 5 nitrogen and oxygen atoms in total. The number of hydrogen-bond donors (Lipinski definition) is 1. The van der Waals surface area contributed by atoms with Crippen molar-refractivity contribution >= 4 is 0 Å². The first-order valence-electron chi connectivity index (χ1n) is 5.62. The molecule has 1 aliphatic heterocycles. The van der Waals surface area contributed by atoms with Gasteiger partial charge in [-0.1, -0.05) is 0 Å². The highest BCUT2D eigenvalue weighted by Gasteiger charge is 2.14. The lowest BCUT2D eigenvalue weighted by Gasteiger charge is -2.22. The summed E-state index contributed by atoms with van der Waals surface area (Å²) >= 11 is 0. The fourth-order valence-electron chi connectivity index (χ4n) is 1.84. The quantitative estimate of drug-likeness (QED) is 0.793. The van der Waals surface area contributed by atoms with Gasteiger partial charge in [0.1, 0.15) is 0 Å². The summed E-state index contributed by atoms with van der Waals surface area (Å²) in [5, 5.41) is 3.31. The SMILES string of the molecule is Cn1ccnc(OCC2CCCNC2)c1=O. The Kier molecular flexibility index (Phi) is 3.56. The molecule has 1 atom stereocenters. The molecule has 16 heavy (non-hydrogen) atoms. The Bertz CT molecular complexity index is 396. The molecule has 0 saturated carbocycles. The number of aromatic nitrogens is 2. The van der Waals surface area contributed by atoms with Crippen molar-refractivity contribution in [1.29, 1.82) is 0 Å². The van der Waals surface area contributed by atoms with E-state index < -0.39 is 0 Å². The number of nitrogens with one attached hydrogen (secondary N) is 1. The van der Waals surface area contributed by atoms with E-state index >= 15 is 0 Å². The van der Waals surface area contributed by atoms with Crippen LogP contribution in [0, 0.1) is 5.92 Å². The minimum absolute atomic E-state index is 0.175. The topological polar surface area (TPSA) is 56.1 Å². The average molecular weight is 223 g/mol. The molecule has 0 radical (unpaired) electrons. The summed E-state index contributed by atoms with van der Waals surface area (Å²) in [4.78, 5) is 15.5. The molecule has 2 rings (SSSR count). The molecule has 1 aliphatic rings. The van der Waals surface area contributed by atoms with Gasteiger partial charge < -0.3 is 14.6 Å². The average Bonchev–Trinajstić information content (AvgIpc) is 2.32. The molecule has 0 aliphatic carbocycles. The predicted molar refractivity (Wildman–Crippen MR) is 60.6 cm³/mol. The van der Waals surface area contributed by atoms with Crippen LogP contribution in [-0.2, 0) is 7.05 Å². The van der Waals surface area contributed by atoms with Crippen LogP contribution >= 0.6 is 0 Å². The van der Waals surface area contributed by atoms with Crippen LogP contribution < -0.4 is 15.6 Å². The Morgan fingerprint density at radius 1 is 1.69 bits per heavy atom. The summed E-state index contributed by atoms with van der Waals surface area (Å²) in [6, 6.07) is 0. The highest BCUT2D eigenvalue weighted by molar-refractivity contribution is 5.03. The smallest absolute Gasteiger partial charge is 0.313 e. The van der Waals surface area contributed by atoms with Crippen LogP contribution in [-0.4, -0.2) is 29.2 Å². The molecule has 0 aromatic carbocycles. The van der Waals surface area contributed by atoms with Gasteiger partial charge in [0.15, 0.2) is 0 Å². The number of nitrogens with zero attached hydrogens (tertiary/aromatic N) is 2. The number of aryl methyl sites for hydroxylation is 1. The maximum Gasteiger partial charge on any atom is 0.313 e. The summed E-state index contributed by atoms with van der Waals surface area (Å²) < 4.78 is 6.95. The van der Waals surface area contributed by atoms with Gasteiger partial charge in [-0.2, -0.15) is 0 Å². The van der Waals surface area contributed by atoms with Gasteiger partial charge in [0.2, 0.25) is 0 Å². The van der Waals surface area contributed by atoms with Gasteiger partial charge in [0.25, 0.3) is 5.88 Å². The van der Waals surface area contributed by atoms with E-state index in [-0.39, 0.29) is 11.4 Å². The first-order chi connectivity index (χ1) is 7.77. The Balaban J connectivity index is 1.94. The zero-order valence-corrected chi connectivity index (χ0v) is 9.48. The summed E-state index contributed by atoms with van der Waals surface area (Å²) in [7, 11) is 1.69. The van der Waals surface area contributed by atoms with Crippen LogP contribution in [0.15, 0.2) is 17.2 Å². The van der Waals surface area contributed by atoms with Gasteiger partial charge >= 0.3 is 5.56 Å². The first kappa shape index (κ1) is 11.1. The zero-order chi connectivity index (χ0) is 11.4. The van der Waals surface area contributed by atoms with E-state index in [0.717, 1.165) is 19.5 Å². The summed E-state index contributed by atoms with van der Waals surface area (Å²) in [6.45, 7) is 2.62. The maximum absolute atomic E-state index is 11.6. The number of ether oxygens (including phenoxy) is 1. The summed E-state index contributed by atoms with van der Waals surface area (Å²) in [5.74, 6) is 0.691. The lowest BCUT2D eigenvalue weighted by Crippen LogP contribution is -2.33. The molecule has 1 aromatic rings. The van der Waals surface area contributed by atoms with Crippen molar-refractivity contribution in [3.8, 4) is 5.88 Å². The normalized spacial score (nSPS) is 20.7. The molecule has 0 amide bonds. The minimum Gasteiger partial charge on any atom is -0.473 e. The van der Waals surface area contributed by atoms with Crippen LogP contribution in [0.5, 0.6) is 5.88 Å². The third kappa shape index (κ3) is 2.61. The summed E-state index contributed by atoms with van der Waals surface area (Å²) in [6.07, 6.45) is 5.53. The van der Waals surface area contributed by atoms with Crippen LogP contribution in [0.2, 0.25) is 0 Å². The molecule has 1 fully saturated rings. The molecular formula is C11H17N3O2. The molecule has 1 saturated heterocycles. The van der Waals surface area contributed by atoms with Crippen molar-refractivity contribution in [2.75, 3.05) is 19.7 Å². The van der Waals surface area contributed by atoms with Gasteiger partial charge in [0.05, 0.1) is 6.61 Å². The lowest BCUT2D eigenvalue weighted by atomic mass is 10.0. The van der Waals surface area contributed by atoms with E-state index in [2.05, 4.69) is 10.3 Å². The fourth-order valence-corrected chi connectivity index (χ4v) is 1.84. The van der Waals surface area contributed by atoms with Crippen LogP contribution in [0.1, 0.15) is 12.8 Å². The van der Waals surface area contributed by atoms with Crippen molar-refractivity contribution in [3.63, 3.8) is 0 Å². The largest absolute Gasteiger partial charge is 0.473 e.